The van der Waals surface area contributed by atoms with Crippen LogP contribution in [0.2, 0.25) is 0 Å². The van der Waals surface area contributed by atoms with Crippen molar-refractivity contribution in [2.75, 3.05) is 20.2 Å². The van der Waals surface area contributed by atoms with Gasteiger partial charge in [-0.05, 0) is 42.5 Å². The highest BCUT2D eigenvalue weighted by molar-refractivity contribution is 5.99. The third kappa shape index (κ3) is 7.27. The molecule has 184 valence electrons. The molecular weight excluding hydrogens is 444 g/mol. The third-order valence-electron chi connectivity index (χ3n) is 5.57. The monoisotopic (exact) mass is 476 g/mol. The standard InChI is InChI=1S/C27H32N4O4/c1-19(2)8-14-29-26(33)22-17-31(16-21-6-4-5-7-24(21)35-3)18-23(25(22)32)27(34)30-15-11-20-9-12-28-13-10-20/h4-7,9-10,12-13,17-19H,8,11,14-16H2,1-3H3,(H,29,33)(H,30,34). The molecule has 35 heavy (non-hydrogen) atoms. The Morgan fingerprint density at radius 1 is 0.971 bits per heavy atom. The highest BCUT2D eigenvalue weighted by atomic mass is 16.5. The molecule has 3 rings (SSSR count). The minimum absolute atomic E-state index is 0.0644. The summed E-state index contributed by atoms with van der Waals surface area (Å²) in [5.41, 5.74) is 1.14. The lowest BCUT2D eigenvalue weighted by atomic mass is 10.1. The first kappa shape index (κ1) is 25.7. The molecule has 8 nitrogen and oxygen atoms in total. The Morgan fingerprint density at radius 2 is 1.60 bits per heavy atom. The normalized spacial score (nSPS) is 10.7. The van der Waals surface area contributed by atoms with Gasteiger partial charge in [0.15, 0.2) is 0 Å². The van der Waals surface area contributed by atoms with Crippen molar-refractivity contribution in [3.05, 3.63) is 93.7 Å². The summed E-state index contributed by atoms with van der Waals surface area (Å²) in [4.78, 5) is 43.0. The summed E-state index contributed by atoms with van der Waals surface area (Å²) in [6.45, 7) is 5.24. The van der Waals surface area contributed by atoms with Crippen LogP contribution in [-0.4, -0.2) is 41.6 Å². The van der Waals surface area contributed by atoms with E-state index in [0.717, 1.165) is 17.5 Å². The van der Waals surface area contributed by atoms with E-state index in [-0.39, 0.29) is 11.1 Å². The predicted octanol–water partition coefficient (Wildman–Crippen LogP) is 3.05. The van der Waals surface area contributed by atoms with Crippen molar-refractivity contribution in [2.24, 2.45) is 5.92 Å². The molecule has 0 atom stereocenters. The lowest BCUT2D eigenvalue weighted by molar-refractivity contribution is 0.0949. The van der Waals surface area contributed by atoms with Crippen LogP contribution in [0.3, 0.4) is 0 Å². The van der Waals surface area contributed by atoms with Crippen LogP contribution in [0, 0.1) is 5.92 Å². The van der Waals surface area contributed by atoms with Crippen molar-refractivity contribution >= 4 is 11.8 Å². The minimum Gasteiger partial charge on any atom is -0.496 e. The van der Waals surface area contributed by atoms with E-state index in [1.807, 2.05) is 36.4 Å². The maximum absolute atomic E-state index is 13.1. The number of nitrogens with zero attached hydrogens (tertiary/aromatic N) is 2. The number of methoxy groups -OCH3 is 1. The first-order valence-electron chi connectivity index (χ1n) is 11.7. The number of carbonyl (C=O) groups is 2. The molecule has 2 heterocycles. The van der Waals surface area contributed by atoms with Gasteiger partial charge in [0.05, 0.1) is 13.7 Å². The molecule has 0 unspecified atom stereocenters. The summed E-state index contributed by atoms with van der Waals surface area (Å²) < 4.78 is 7.10. The summed E-state index contributed by atoms with van der Waals surface area (Å²) in [6.07, 6.45) is 7.74. The molecule has 2 aromatic heterocycles. The smallest absolute Gasteiger partial charge is 0.256 e. The Kier molecular flexibility index (Phi) is 9.17. The van der Waals surface area contributed by atoms with Gasteiger partial charge < -0.3 is 19.9 Å². The Hall–Kier alpha value is -3.94. The largest absolute Gasteiger partial charge is 0.496 e. The number of hydrogen-bond donors (Lipinski definition) is 2. The molecule has 0 radical (unpaired) electrons. The molecule has 3 aromatic rings. The molecular formula is C27H32N4O4. The van der Waals surface area contributed by atoms with E-state index in [0.29, 0.717) is 37.7 Å². The molecule has 8 heteroatoms. The fraction of sp³-hybridized carbons (Fsp3) is 0.333. The van der Waals surface area contributed by atoms with Crippen molar-refractivity contribution in [3.8, 4) is 5.75 Å². The Bertz CT molecular complexity index is 1210. The summed E-state index contributed by atoms with van der Waals surface area (Å²) in [5, 5.41) is 5.60. The van der Waals surface area contributed by atoms with Gasteiger partial charge in [-0.25, -0.2) is 0 Å². The molecule has 0 aliphatic carbocycles. The van der Waals surface area contributed by atoms with Gasteiger partial charge in [0.1, 0.15) is 16.9 Å². The number of aromatic nitrogens is 2. The number of para-hydroxylation sites is 1. The summed E-state index contributed by atoms with van der Waals surface area (Å²) in [7, 11) is 1.58. The second kappa shape index (κ2) is 12.5. The highest BCUT2D eigenvalue weighted by Crippen LogP contribution is 2.18. The van der Waals surface area contributed by atoms with Gasteiger partial charge in [0.2, 0.25) is 5.43 Å². The molecule has 0 fully saturated rings. The van der Waals surface area contributed by atoms with Gasteiger partial charge in [-0.2, -0.15) is 0 Å². The zero-order chi connectivity index (χ0) is 25.2. The van der Waals surface area contributed by atoms with E-state index in [1.54, 1.807) is 24.1 Å². The van der Waals surface area contributed by atoms with Gasteiger partial charge in [-0.15, -0.1) is 0 Å². The number of rotatable bonds is 11. The average Bonchev–Trinajstić information content (AvgIpc) is 2.85. The Morgan fingerprint density at radius 3 is 2.23 bits per heavy atom. The number of pyridine rings is 2. The lowest BCUT2D eigenvalue weighted by Crippen LogP contribution is -2.36. The quantitative estimate of drug-likeness (QED) is 0.443. The van der Waals surface area contributed by atoms with Gasteiger partial charge in [-0.1, -0.05) is 32.0 Å². The fourth-order valence-corrected chi connectivity index (χ4v) is 3.61. The van der Waals surface area contributed by atoms with Crippen molar-refractivity contribution in [1.29, 1.82) is 0 Å². The van der Waals surface area contributed by atoms with E-state index >= 15 is 0 Å². The second-order valence-corrected chi connectivity index (χ2v) is 8.70. The molecule has 1 aromatic carbocycles. The second-order valence-electron chi connectivity index (χ2n) is 8.70. The van der Waals surface area contributed by atoms with Crippen LogP contribution < -0.4 is 20.8 Å². The molecule has 0 spiro atoms. The molecule has 2 amide bonds. The number of benzene rings is 1. The molecule has 0 saturated heterocycles. The lowest BCUT2D eigenvalue weighted by Gasteiger charge is -2.15. The first-order valence-corrected chi connectivity index (χ1v) is 11.7. The molecule has 0 saturated carbocycles. The molecule has 0 aliphatic heterocycles. The zero-order valence-corrected chi connectivity index (χ0v) is 20.4. The van der Waals surface area contributed by atoms with E-state index in [2.05, 4.69) is 29.5 Å². The highest BCUT2D eigenvalue weighted by Gasteiger charge is 2.20. The molecule has 0 bridgehead atoms. The summed E-state index contributed by atoms with van der Waals surface area (Å²) in [6, 6.07) is 11.2. The van der Waals surface area contributed by atoms with Crippen LogP contribution in [-0.2, 0) is 13.0 Å². The van der Waals surface area contributed by atoms with Gasteiger partial charge in [-0.3, -0.25) is 19.4 Å². The van der Waals surface area contributed by atoms with E-state index in [4.69, 9.17) is 4.74 Å². The topological polar surface area (TPSA) is 102 Å². The van der Waals surface area contributed by atoms with Crippen LogP contribution in [0.25, 0.3) is 0 Å². The number of nitrogens with one attached hydrogen (secondary N) is 2. The number of hydrogen-bond acceptors (Lipinski definition) is 5. The van der Waals surface area contributed by atoms with Crippen LogP contribution >= 0.6 is 0 Å². The Balaban J connectivity index is 1.86. The Labute approximate surface area is 205 Å². The van der Waals surface area contributed by atoms with Gasteiger partial charge in [0, 0.05) is 43.4 Å². The van der Waals surface area contributed by atoms with Gasteiger partial charge in [0.25, 0.3) is 11.8 Å². The minimum atomic E-state index is -0.593. The van der Waals surface area contributed by atoms with E-state index in [9.17, 15) is 14.4 Å². The summed E-state index contributed by atoms with van der Waals surface area (Å²) >= 11 is 0. The zero-order valence-electron chi connectivity index (χ0n) is 20.4. The predicted molar refractivity (Wildman–Crippen MR) is 135 cm³/mol. The maximum atomic E-state index is 13.1. The van der Waals surface area contributed by atoms with Crippen molar-refractivity contribution in [3.63, 3.8) is 0 Å². The van der Waals surface area contributed by atoms with Crippen LogP contribution in [0.1, 0.15) is 52.1 Å². The van der Waals surface area contributed by atoms with Crippen molar-refractivity contribution in [1.82, 2.24) is 20.2 Å². The van der Waals surface area contributed by atoms with Gasteiger partial charge >= 0.3 is 0 Å². The third-order valence-corrected chi connectivity index (χ3v) is 5.57. The number of ether oxygens (including phenoxy) is 1. The van der Waals surface area contributed by atoms with E-state index in [1.165, 1.54) is 12.4 Å². The maximum Gasteiger partial charge on any atom is 0.256 e. The van der Waals surface area contributed by atoms with Crippen LogP contribution in [0.4, 0.5) is 0 Å². The molecule has 0 aliphatic rings. The number of carbonyl (C=O) groups excluding carboxylic acids is 2. The van der Waals surface area contributed by atoms with Crippen LogP contribution in [0.5, 0.6) is 5.75 Å². The SMILES string of the molecule is COc1ccccc1Cn1cc(C(=O)NCCc2ccncc2)c(=O)c(C(=O)NCCC(C)C)c1. The van der Waals surface area contributed by atoms with Crippen molar-refractivity contribution in [2.45, 2.75) is 33.2 Å². The van der Waals surface area contributed by atoms with Crippen LogP contribution in [0.15, 0.2) is 66.0 Å². The van der Waals surface area contributed by atoms with E-state index < -0.39 is 17.2 Å². The first-order chi connectivity index (χ1) is 16.9. The van der Waals surface area contributed by atoms with Crippen molar-refractivity contribution < 1.29 is 14.3 Å². The molecule has 2 N–H and O–H groups in total. The summed E-state index contributed by atoms with van der Waals surface area (Å²) in [5.74, 6) is 0.0815. The number of amides is 2. The average molecular weight is 477 g/mol. The fourth-order valence-electron chi connectivity index (χ4n) is 3.61.